The first kappa shape index (κ1) is 29.6. The van der Waals surface area contributed by atoms with Crippen LogP contribution in [0.25, 0.3) is 44.3 Å². The summed E-state index contributed by atoms with van der Waals surface area (Å²) < 4.78 is 11.1. The van der Waals surface area contributed by atoms with Gasteiger partial charge in [-0.25, -0.2) is 0 Å². The molecule has 4 heterocycles. The molecule has 0 unspecified atom stereocenters. The van der Waals surface area contributed by atoms with Crippen LogP contribution < -0.4 is 10.9 Å². The summed E-state index contributed by atoms with van der Waals surface area (Å²) in [4.78, 5) is 15.8. The summed E-state index contributed by atoms with van der Waals surface area (Å²) in [5.41, 5.74) is 6.03. The number of pyridine rings is 1. The van der Waals surface area contributed by atoms with Crippen molar-refractivity contribution in [1.29, 1.82) is 0 Å². The molecule has 41 heavy (non-hydrogen) atoms. The minimum atomic E-state index is -0.113. The van der Waals surface area contributed by atoms with Gasteiger partial charge >= 0.3 is 0 Å². The summed E-state index contributed by atoms with van der Waals surface area (Å²) in [6.45, 7) is 6.31. The van der Waals surface area contributed by atoms with Crippen molar-refractivity contribution in [2.75, 3.05) is 39.4 Å². The summed E-state index contributed by atoms with van der Waals surface area (Å²) in [6.07, 6.45) is 0. The molecule has 5 aromatic rings. The lowest BCUT2D eigenvalue weighted by molar-refractivity contribution is 0.0384. The number of fused-ring (bicyclic) bond motifs is 3. The molecular weight excluding hydrogens is 583 g/mol. The fourth-order valence-electron chi connectivity index (χ4n) is 5.64. The summed E-state index contributed by atoms with van der Waals surface area (Å²) in [6, 6.07) is 15.7. The molecule has 6 rings (SSSR count). The fourth-order valence-corrected chi connectivity index (χ4v) is 6.15. The second-order valence-electron chi connectivity index (χ2n) is 10.3. The summed E-state index contributed by atoms with van der Waals surface area (Å²) in [5, 5.41) is 11.4. The Labute approximate surface area is 254 Å². The lowest BCUT2D eigenvalue weighted by Gasteiger charge is -2.26. The van der Waals surface area contributed by atoms with Gasteiger partial charge in [0, 0.05) is 86.4 Å². The zero-order chi connectivity index (χ0) is 28.0. The number of rotatable bonds is 7. The van der Waals surface area contributed by atoms with Crippen LogP contribution in [0.1, 0.15) is 5.69 Å². The molecule has 8 nitrogen and oxygen atoms in total. The molecule has 0 bridgehead atoms. The minimum Gasteiger partial charge on any atom is -0.379 e. The Morgan fingerprint density at radius 3 is 2.46 bits per heavy atom. The van der Waals surface area contributed by atoms with Crippen molar-refractivity contribution in [2.24, 2.45) is 21.1 Å². The maximum atomic E-state index is 13.4. The molecule has 1 N–H and O–H groups in total. The van der Waals surface area contributed by atoms with Crippen LogP contribution in [-0.4, -0.2) is 63.2 Å². The Morgan fingerprint density at radius 2 is 1.71 bits per heavy atom. The van der Waals surface area contributed by atoms with E-state index >= 15 is 0 Å². The number of hydrogen-bond acceptors (Lipinski definition) is 5. The summed E-state index contributed by atoms with van der Waals surface area (Å²) in [5.74, 6) is 0. The molecular formula is C30H33Cl3N6O2. The van der Waals surface area contributed by atoms with Crippen molar-refractivity contribution < 1.29 is 4.74 Å². The fraction of sp³-hybridized carbons (Fsp3) is 0.333. The largest absolute Gasteiger partial charge is 0.379 e. The number of benzene rings is 2. The second-order valence-corrected chi connectivity index (χ2v) is 11.2. The van der Waals surface area contributed by atoms with Crippen LogP contribution >= 0.6 is 35.6 Å². The van der Waals surface area contributed by atoms with Gasteiger partial charge in [-0.2, -0.15) is 5.10 Å². The molecule has 0 saturated carbocycles. The standard InChI is InChI=1S/C30H32Cl2N6O2.ClH/c1-35-28-7-4-19(27-16-21(37(3)34-27)18-33-8-9-38-10-12-40-13-11-38)14-23(28)24-17-25(30(39)36(2)29(24)35)22-6-5-20(31)15-26(22)32;/h4-7,14-17,33H,8-13,18H2,1-3H3;1H. The van der Waals surface area contributed by atoms with Gasteiger partial charge < -0.3 is 14.6 Å². The average molecular weight is 616 g/mol. The number of aromatic nitrogens is 4. The van der Waals surface area contributed by atoms with Gasteiger partial charge in [-0.05, 0) is 36.4 Å². The minimum absolute atomic E-state index is 0. The number of nitrogens with one attached hydrogen (secondary N) is 1. The van der Waals surface area contributed by atoms with Crippen molar-refractivity contribution in [2.45, 2.75) is 6.54 Å². The Kier molecular flexibility index (Phi) is 8.80. The molecule has 3 aromatic heterocycles. The van der Waals surface area contributed by atoms with Gasteiger partial charge in [0.2, 0.25) is 0 Å². The van der Waals surface area contributed by atoms with E-state index in [1.54, 1.807) is 29.8 Å². The van der Waals surface area contributed by atoms with Gasteiger partial charge in [-0.3, -0.25) is 18.9 Å². The molecule has 0 radical (unpaired) electrons. The first-order chi connectivity index (χ1) is 19.3. The predicted octanol–water partition coefficient (Wildman–Crippen LogP) is 5.25. The Morgan fingerprint density at radius 1 is 0.927 bits per heavy atom. The summed E-state index contributed by atoms with van der Waals surface area (Å²) >= 11 is 12.6. The van der Waals surface area contributed by atoms with Crippen LogP contribution in [0.4, 0.5) is 0 Å². The van der Waals surface area contributed by atoms with Crippen molar-refractivity contribution in [3.05, 3.63) is 74.6 Å². The SMILES string of the molecule is Cl.Cn1nc(-c2ccc3c(c2)c2cc(-c4ccc(Cl)cc4Cl)c(=O)n(C)c2n3C)cc1CNCCN1CCOCC1. The van der Waals surface area contributed by atoms with Crippen LogP contribution in [0, 0.1) is 0 Å². The highest BCUT2D eigenvalue weighted by Gasteiger charge is 2.19. The molecule has 0 spiro atoms. The van der Waals surface area contributed by atoms with Crippen molar-refractivity contribution in [1.82, 2.24) is 29.1 Å². The van der Waals surface area contributed by atoms with E-state index in [9.17, 15) is 4.79 Å². The molecule has 1 aliphatic heterocycles. The van der Waals surface area contributed by atoms with Crippen LogP contribution in [0.15, 0.2) is 53.3 Å². The van der Waals surface area contributed by atoms with Gasteiger partial charge in [0.1, 0.15) is 5.65 Å². The van der Waals surface area contributed by atoms with E-state index < -0.39 is 0 Å². The summed E-state index contributed by atoms with van der Waals surface area (Å²) in [7, 11) is 5.77. The molecule has 1 saturated heterocycles. The third kappa shape index (κ3) is 5.65. The highest BCUT2D eigenvalue weighted by Crippen LogP contribution is 2.35. The van der Waals surface area contributed by atoms with E-state index in [-0.39, 0.29) is 18.0 Å². The zero-order valence-corrected chi connectivity index (χ0v) is 25.6. The highest BCUT2D eigenvalue weighted by molar-refractivity contribution is 6.36. The van der Waals surface area contributed by atoms with Gasteiger partial charge in [0.25, 0.3) is 5.56 Å². The van der Waals surface area contributed by atoms with E-state index in [4.69, 9.17) is 33.0 Å². The maximum Gasteiger partial charge on any atom is 0.259 e. The monoisotopic (exact) mass is 614 g/mol. The normalized spacial score (nSPS) is 14.2. The lowest BCUT2D eigenvalue weighted by atomic mass is 10.0. The Bertz CT molecular complexity index is 1790. The van der Waals surface area contributed by atoms with E-state index in [2.05, 4.69) is 39.0 Å². The smallest absolute Gasteiger partial charge is 0.259 e. The molecule has 0 amide bonds. The average Bonchev–Trinajstić information content (AvgIpc) is 3.46. The number of nitrogens with zero attached hydrogens (tertiary/aromatic N) is 5. The third-order valence-electron chi connectivity index (χ3n) is 7.86. The van der Waals surface area contributed by atoms with Crippen LogP contribution in [-0.2, 0) is 32.4 Å². The maximum absolute atomic E-state index is 13.4. The van der Waals surface area contributed by atoms with Gasteiger partial charge in [-0.15, -0.1) is 12.4 Å². The Hall–Kier alpha value is -2.85. The van der Waals surface area contributed by atoms with Crippen molar-refractivity contribution in [3.63, 3.8) is 0 Å². The molecule has 216 valence electrons. The van der Waals surface area contributed by atoms with Gasteiger partial charge in [0.05, 0.1) is 35.1 Å². The quantitative estimate of drug-likeness (QED) is 0.254. The lowest BCUT2D eigenvalue weighted by Crippen LogP contribution is -2.40. The number of morpholine rings is 1. The number of hydrogen-bond donors (Lipinski definition) is 1. The Balaban J connectivity index is 0.00000337. The zero-order valence-electron chi connectivity index (χ0n) is 23.3. The van der Waals surface area contributed by atoms with Gasteiger partial charge in [-0.1, -0.05) is 35.3 Å². The number of halogens is 3. The highest BCUT2D eigenvalue weighted by atomic mass is 35.5. The first-order valence-electron chi connectivity index (χ1n) is 13.4. The molecule has 0 atom stereocenters. The number of aryl methyl sites for hydroxylation is 3. The van der Waals surface area contributed by atoms with Crippen LogP contribution in [0.3, 0.4) is 0 Å². The molecule has 1 aliphatic rings. The third-order valence-corrected chi connectivity index (χ3v) is 8.40. The molecule has 11 heteroatoms. The van der Waals surface area contributed by atoms with Gasteiger partial charge in [0.15, 0.2) is 0 Å². The van der Waals surface area contributed by atoms with Crippen LogP contribution in [0.2, 0.25) is 10.0 Å². The van der Waals surface area contributed by atoms with Crippen molar-refractivity contribution >= 4 is 57.5 Å². The predicted molar refractivity (Wildman–Crippen MR) is 170 cm³/mol. The van der Waals surface area contributed by atoms with E-state index in [1.807, 2.05) is 24.8 Å². The van der Waals surface area contributed by atoms with E-state index in [0.29, 0.717) is 21.2 Å². The number of ether oxygens (including phenoxy) is 1. The second kappa shape index (κ2) is 12.2. The molecule has 0 aliphatic carbocycles. The topological polar surface area (TPSA) is 69.2 Å². The first-order valence-corrected chi connectivity index (χ1v) is 14.2. The molecule has 2 aromatic carbocycles. The van der Waals surface area contributed by atoms with Crippen molar-refractivity contribution in [3.8, 4) is 22.4 Å². The van der Waals surface area contributed by atoms with Crippen LogP contribution in [0.5, 0.6) is 0 Å². The van der Waals surface area contributed by atoms with E-state index in [0.717, 1.165) is 84.8 Å². The molecule has 1 fully saturated rings. The van der Waals surface area contributed by atoms with E-state index in [1.165, 1.54) is 0 Å².